The van der Waals surface area contributed by atoms with E-state index in [1.165, 1.54) is 6.07 Å². The number of hydrogen-bond acceptors (Lipinski definition) is 1. The molecule has 1 nitrogen and oxygen atoms in total. The lowest BCUT2D eigenvalue weighted by Crippen LogP contribution is -2.12. The van der Waals surface area contributed by atoms with Gasteiger partial charge in [-0.05, 0) is 29.7 Å². The maximum absolute atomic E-state index is 12.7. The van der Waals surface area contributed by atoms with Gasteiger partial charge in [-0.2, -0.15) is 13.2 Å². The van der Waals surface area contributed by atoms with Crippen molar-refractivity contribution >= 4 is 5.69 Å². The van der Waals surface area contributed by atoms with Gasteiger partial charge in [-0.1, -0.05) is 26.7 Å². The van der Waals surface area contributed by atoms with Gasteiger partial charge in [0.15, 0.2) is 0 Å². The second-order valence-corrected chi connectivity index (χ2v) is 5.05. The molecule has 2 rings (SSSR count). The first kappa shape index (κ1) is 13.2. The summed E-state index contributed by atoms with van der Waals surface area (Å²) in [5.74, 6) is 0.606. The second-order valence-electron chi connectivity index (χ2n) is 5.05. The highest BCUT2D eigenvalue weighted by atomic mass is 19.4. The Morgan fingerprint density at radius 3 is 2.72 bits per heavy atom. The molecule has 0 aliphatic carbocycles. The van der Waals surface area contributed by atoms with Crippen molar-refractivity contribution in [2.24, 2.45) is 5.92 Å². The van der Waals surface area contributed by atoms with E-state index < -0.39 is 11.7 Å². The zero-order valence-electron chi connectivity index (χ0n) is 10.6. The van der Waals surface area contributed by atoms with Gasteiger partial charge in [0.25, 0.3) is 0 Å². The van der Waals surface area contributed by atoms with Gasteiger partial charge >= 0.3 is 6.18 Å². The molecule has 1 heterocycles. The molecule has 0 saturated carbocycles. The molecule has 2 unspecified atom stereocenters. The van der Waals surface area contributed by atoms with Crippen molar-refractivity contribution in [3.05, 3.63) is 29.3 Å². The maximum atomic E-state index is 12.7. The Kier molecular flexibility index (Phi) is 3.55. The predicted molar refractivity (Wildman–Crippen MR) is 66.7 cm³/mol. The molecular formula is C14H18F3N. The van der Waals surface area contributed by atoms with E-state index in [-0.39, 0.29) is 5.92 Å². The van der Waals surface area contributed by atoms with Gasteiger partial charge in [-0.15, -0.1) is 0 Å². The lowest BCUT2D eigenvalue weighted by molar-refractivity contribution is -0.137. The van der Waals surface area contributed by atoms with Crippen LogP contribution in [0.15, 0.2) is 18.2 Å². The van der Waals surface area contributed by atoms with Crippen molar-refractivity contribution < 1.29 is 13.2 Å². The fourth-order valence-corrected chi connectivity index (χ4v) is 2.70. The third-order valence-corrected chi connectivity index (χ3v) is 3.72. The minimum atomic E-state index is -4.25. The lowest BCUT2D eigenvalue weighted by atomic mass is 9.85. The smallest absolute Gasteiger partial charge is 0.384 e. The summed E-state index contributed by atoms with van der Waals surface area (Å²) in [5.41, 5.74) is 1.14. The van der Waals surface area contributed by atoms with Crippen molar-refractivity contribution in [2.75, 3.05) is 11.9 Å². The fourth-order valence-electron chi connectivity index (χ4n) is 2.70. The average molecular weight is 257 g/mol. The number of nitrogens with one attached hydrogen (secondary N) is 1. The molecule has 1 N–H and O–H groups in total. The molecule has 0 fully saturated rings. The SMILES string of the molecule is CCCC(C)C1CNc2ccc(C(F)(F)F)cc21. The normalized spacial score (nSPS) is 20.4. The number of fused-ring (bicyclic) bond motifs is 1. The molecule has 1 aromatic carbocycles. The Hall–Kier alpha value is -1.19. The summed E-state index contributed by atoms with van der Waals surface area (Å²) in [6.07, 6.45) is -2.15. The maximum Gasteiger partial charge on any atom is 0.416 e. The monoisotopic (exact) mass is 257 g/mol. The molecule has 1 aromatic rings. The number of rotatable bonds is 3. The minimum absolute atomic E-state index is 0.197. The highest BCUT2D eigenvalue weighted by molar-refractivity contribution is 5.59. The quantitative estimate of drug-likeness (QED) is 0.831. The summed E-state index contributed by atoms with van der Waals surface area (Å²) in [6, 6.07) is 4.02. The van der Waals surface area contributed by atoms with Crippen LogP contribution in [0.5, 0.6) is 0 Å². The van der Waals surface area contributed by atoms with E-state index in [1.54, 1.807) is 6.07 Å². The topological polar surface area (TPSA) is 12.0 Å². The van der Waals surface area contributed by atoms with Crippen LogP contribution in [0.2, 0.25) is 0 Å². The number of anilines is 1. The van der Waals surface area contributed by atoms with Crippen LogP contribution in [0.3, 0.4) is 0 Å². The van der Waals surface area contributed by atoms with Gasteiger partial charge in [0.05, 0.1) is 5.56 Å². The van der Waals surface area contributed by atoms with Crippen molar-refractivity contribution in [2.45, 2.75) is 38.8 Å². The summed E-state index contributed by atoms with van der Waals surface area (Å²) in [5, 5.41) is 3.20. The number of alkyl halides is 3. The third kappa shape index (κ3) is 2.47. The minimum Gasteiger partial charge on any atom is -0.384 e. The van der Waals surface area contributed by atoms with Gasteiger partial charge in [0.1, 0.15) is 0 Å². The zero-order valence-corrected chi connectivity index (χ0v) is 10.6. The first-order valence-electron chi connectivity index (χ1n) is 6.38. The van der Waals surface area contributed by atoms with Gasteiger partial charge in [0.2, 0.25) is 0 Å². The second kappa shape index (κ2) is 4.82. The lowest BCUT2D eigenvalue weighted by Gasteiger charge is -2.19. The average Bonchev–Trinajstić information content (AvgIpc) is 2.70. The summed E-state index contributed by atoms with van der Waals surface area (Å²) in [6.45, 7) is 4.97. The van der Waals surface area contributed by atoms with Crippen molar-refractivity contribution in [1.29, 1.82) is 0 Å². The van der Waals surface area contributed by atoms with Gasteiger partial charge in [-0.25, -0.2) is 0 Å². The summed E-state index contributed by atoms with van der Waals surface area (Å²) in [7, 11) is 0. The van der Waals surface area contributed by atoms with Crippen LogP contribution in [0.1, 0.15) is 43.7 Å². The Morgan fingerprint density at radius 1 is 1.39 bits per heavy atom. The first-order chi connectivity index (χ1) is 8.43. The Balaban J connectivity index is 2.30. The van der Waals surface area contributed by atoms with Gasteiger partial charge < -0.3 is 5.32 Å². The van der Waals surface area contributed by atoms with Crippen LogP contribution in [0.25, 0.3) is 0 Å². The summed E-state index contributed by atoms with van der Waals surface area (Å²) < 4.78 is 38.1. The number of benzene rings is 1. The molecule has 2 atom stereocenters. The molecule has 0 spiro atoms. The van der Waals surface area contributed by atoms with Crippen LogP contribution in [-0.2, 0) is 6.18 Å². The molecule has 100 valence electrons. The van der Waals surface area contributed by atoms with Gasteiger partial charge in [-0.3, -0.25) is 0 Å². The largest absolute Gasteiger partial charge is 0.416 e. The van der Waals surface area contributed by atoms with E-state index in [2.05, 4.69) is 19.2 Å². The Labute approximate surface area is 105 Å². The molecule has 1 aliphatic rings. The van der Waals surface area contributed by atoms with Gasteiger partial charge in [0, 0.05) is 18.2 Å². The van der Waals surface area contributed by atoms with E-state index in [0.29, 0.717) is 5.92 Å². The fraction of sp³-hybridized carbons (Fsp3) is 0.571. The molecule has 18 heavy (non-hydrogen) atoms. The molecule has 0 aromatic heterocycles. The van der Waals surface area contributed by atoms with E-state index >= 15 is 0 Å². The molecule has 0 bridgehead atoms. The molecule has 0 radical (unpaired) electrons. The van der Waals surface area contributed by atoms with Crippen molar-refractivity contribution in [3.63, 3.8) is 0 Å². The summed E-state index contributed by atoms with van der Waals surface area (Å²) in [4.78, 5) is 0. The van der Waals surface area contributed by atoms with Crippen molar-refractivity contribution in [3.8, 4) is 0 Å². The molecular weight excluding hydrogens is 239 g/mol. The zero-order chi connectivity index (χ0) is 13.3. The van der Waals surface area contributed by atoms with Crippen LogP contribution in [-0.4, -0.2) is 6.54 Å². The van der Waals surface area contributed by atoms with Crippen molar-refractivity contribution in [1.82, 2.24) is 0 Å². The molecule has 0 saturated heterocycles. The van der Waals surface area contributed by atoms with E-state index in [0.717, 1.165) is 36.7 Å². The van der Waals surface area contributed by atoms with E-state index in [4.69, 9.17) is 0 Å². The number of halogens is 3. The highest BCUT2D eigenvalue weighted by Gasteiger charge is 2.34. The Bertz CT molecular complexity index is 426. The standard InChI is InChI=1S/C14H18F3N/c1-3-4-9(2)12-8-18-13-6-5-10(7-11(12)13)14(15,16)17/h5-7,9,12,18H,3-4,8H2,1-2H3. The van der Waals surface area contributed by atoms with Crippen LogP contribution in [0.4, 0.5) is 18.9 Å². The summed E-state index contributed by atoms with van der Waals surface area (Å²) >= 11 is 0. The van der Waals surface area contributed by atoms with Crippen LogP contribution in [0, 0.1) is 5.92 Å². The predicted octanol–water partition coefficient (Wildman–Crippen LogP) is 4.65. The third-order valence-electron chi connectivity index (χ3n) is 3.72. The molecule has 1 aliphatic heterocycles. The van der Waals surface area contributed by atoms with E-state index in [9.17, 15) is 13.2 Å². The van der Waals surface area contributed by atoms with Crippen LogP contribution < -0.4 is 5.32 Å². The first-order valence-corrected chi connectivity index (χ1v) is 6.38. The number of hydrogen-bond donors (Lipinski definition) is 1. The van der Waals surface area contributed by atoms with Crippen LogP contribution >= 0.6 is 0 Å². The highest BCUT2D eigenvalue weighted by Crippen LogP contribution is 2.41. The molecule has 4 heteroatoms. The van der Waals surface area contributed by atoms with E-state index in [1.807, 2.05) is 0 Å². The Morgan fingerprint density at radius 2 is 2.11 bits per heavy atom. The molecule has 0 amide bonds.